The highest BCUT2D eigenvalue weighted by atomic mass is 32.2. The van der Waals surface area contributed by atoms with Crippen LogP contribution in [0.4, 0.5) is 11.4 Å². The average molecular weight is 474 g/mol. The summed E-state index contributed by atoms with van der Waals surface area (Å²) in [6, 6.07) is 11.4. The molecular formula is C24H31N3O5S. The fourth-order valence-corrected chi connectivity index (χ4v) is 5.96. The molecule has 0 atom stereocenters. The third kappa shape index (κ3) is 6.33. The Hall–Kier alpha value is -2.91. The van der Waals surface area contributed by atoms with Gasteiger partial charge in [-0.3, -0.25) is 9.59 Å². The molecule has 0 aromatic heterocycles. The number of ether oxygens (including phenoxy) is 1. The predicted octanol–water partition coefficient (Wildman–Crippen LogP) is 3.92. The molecule has 0 bridgehead atoms. The smallest absolute Gasteiger partial charge is 0.247 e. The van der Waals surface area contributed by atoms with Crippen LogP contribution in [-0.2, 0) is 19.6 Å². The predicted molar refractivity (Wildman–Crippen MR) is 128 cm³/mol. The number of methoxy groups -OCH3 is 1. The molecule has 1 aliphatic rings. The lowest BCUT2D eigenvalue weighted by atomic mass is 9.95. The zero-order valence-corrected chi connectivity index (χ0v) is 20.1. The highest BCUT2D eigenvalue weighted by Gasteiger charge is 2.35. The van der Waals surface area contributed by atoms with Crippen LogP contribution in [0.1, 0.15) is 44.6 Å². The van der Waals surface area contributed by atoms with Gasteiger partial charge < -0.3 is 15.4 Å². The van der Waals surface area contributed by atoms with E-state index in [9.17, 15) is 18.0 Å². The number of carbonyl (C=O) groups excluding carboxylic acids is 2. The molecule has 178 valence electrons. The molecule has 2 aromatic rings. The fraction of sp³-hybridized carbons (Fsp3) is 0.417. The van der Waals surface area contributed by atoms with E-state index in [1.165, 1.54) is 18.3 Å². The molecule has 0 radical (unpaired) electrons. The van der Waals surface area contributed by atoms with Crippen LogP contribution in [-0.4, -0.2) is 44.2 Å². The van der Waals surface area contributed by atoms with Gasteiger partial charge in [-0.25, -0.2) is 8.42 Å². The van der Waals surface area contributed by atoms with Crippen LogP contribution in [0.25, 0.3) is 0 Å². The minimum atomic E-state index is -3.97. The van der Waals surface area contributed by atoms with Crippen molar-refractivity contribution in [3.63, 3.8) is 0 Å². The van der Waals surface area contributed by atoms with Crippen molar-refractivity contribution in [1.29, 1.82) is 0 Å². The zero-order chi connectivity index (χ0) is 24.0. The maximum atomic E-state index is 13.7. The monoisotopic (exact) mass is 473 g/mol. The standard InChI is InChI=1S/C24H31N3O5S/c1-17-9-14-22(32-3)23(15-17)33(30,31)27(21-7-5-4-6-8-21)16-24(29)26-20-12-10-19(11-13-20)25-18(2)28/h9-15,21H,4-8,16H2,1-3H3,(H,25,28)(H,26,29). The molecule has 1 fully saturated rings. The van der Waals surface area contributed by atoms with Crippen molar-refractivity contribution in [2.24, 2.45) is 0 Å². The Morgan fingerprint density at radius 2 is 1.61 bits per heavy atom. The highest BCUT2D eigenvalue weighted by molar-refractivity contribution is 7.89. The van der Waals surface area contributed by atoms with Gasteiger partial charge in [0, 0.05) is 24.3 Å². The molecule has 0 saturated heterocycles. The second kappa shape index (κ2) is 10.8. The summed E-state index contributed by atoms with van der Waals surface area (Å²) in [7, 11) is -2.54. The van der Waals surface area contributed by atoms with Crippen molar-refractivity contribution < 1.29 is 22.7 Å². The molecule has 9 heteroatoms. The second-order valence-electron chi connectivity index (χ2n) is 8.30. The summed E-state index contributed by atoms with van der Waals surface area (Å²) >= 11 is 0. The second-order valence-corrected chi connectivity index (χ2v) is 10.2. The minimum Gasteiger partial charge on any atom is -0.495 e. The molecule has 0 unspecified atom stereocenters. The molecule has 2 aromatic carbocycles. The SMILES string of the molecule is COc1ccc(C)cc1S(=O)(=O)N(CC(=O)Nc1ccc(NC(C)=O)cc1)C1CCCCC1. The van der Waals surface area contributed by atoms with Crippen LogP contribution < -0.4 is 15.4 Å². The van der Waals surface area contributed by atoms with Gasteiger partial charge >= 0.3 is 0 Å². The molecule has 2 N–H and O–H groups in total. The molecule has 33 heavy (non-hydrogen) atoms. The Labute approximate surface area is 195 Å². The maximum absolute atomic E-state index is 13.7. The lowest BCUT2D eigenvalue weighted by Gasteiger charge is -2.33. The van der Waals surface area contributed by atoms with Gasteiger partial charge in [-0.05, 0) is 61.7 Å². The van der Waals surface area contributed by atoms with E-state index in [4.69, 9.17) is 4.74 Å². The van der Waals surface area contributed by atoms with Gasteiger partial charge in [-0.1, -0.05) is 25.3 Å². The molecule has 0 heterocycles. The van der Waals surface area contributed by atoms with E-state index in [2.05, 4.69) is 10.6 Å². The summed E-state index contributed by atoms with van der Waals surface area (Å²) in [5, 5.41) is 5.43. The Morgan fingerprint density at radius 3 is 2.18 bits per heavy atom. The van der Waals surface area contributed by atoms with Crippen molar-refractivity contribution in [2.45, 2.75) is 56.9 Å². The molecular weight excluding hydrogens is 442 g/mol. The summed E-state index contributed by atoms with van der Waals surface area (Å²) in [5.74, 6) is -0.356. The number of nitrogens with zero attached hydrogens (tertiary/aromatic N) is 1. The first kappa shape index (κ1) is 24.7. The van der Waals surface area contributed by atoms with Crippen LogP contribution in [0.3, 0.4) is 0 Å². The molecule has 0 spiro atoms. The van der Waals surface area contributed by atoms with Crippen LogP contribution in [0, 0.1) is 6.92 Å². The third-order valence-electron chi connectivity index (χ3n) is 5.68. The zero-order valence-electron chi connectivity index (χ0n) is 19.3. The highest BCUT2D eigenvalue weighted by Crippen LogP contribution is 2.32. The molecule has 1 saturated carbocycles. The number of carbonyl (C=O) groups is 2. The Kier molecular flexibility index (Phi) is 8.10. The largest absolute Gasteiger partial charge is 0.495 e. The minimum absolute atomic E-state index is 0.0723. The quantitative estimate of drug-likeness (QED) is 0.605. The van der Waals surface area contributed by atoms with Crippen LogP contribution in [0.2, 0.25) is 0 Å². The lowest BCUT2D eigenvalue weighted by Crippen LogP contribution is -2.45. The summed E-state index contributed by atoms with van der Waals surface area (Å²) in [6.45, 7) is 2.94. The van der Waals surface area contributed by atoms with E-state index in [0.29, 0.717) is 24.2 Å². The first-order valence-electron chi connectivity index (χ1n) is 11.0. The number of sulfonamides is 1. The summed E-state index contributed by atoms with van der Waals surface area (Å²) in [4.78, 5) is 24.2. The Balaban J connectivity index is 1.84. The summed E-state index contributed by atoms with van der Waals surface area (Å²) < 4.78 is 34.1. The van der Waals surface area contributed by atoms with E-state index in [1.807, 2.05) is 6.92 Å². The number of nitrogens with one attached hydrogen (secondary N) is 2. The van der Waals surface area contributed by atoms with Gasteiger partial charge in [0.2, 0.25) is 21.8 Å². The van der Waals surface area contributed by atoms with E-state index >= 15 is 0 Å². The normalized spacial score (nSPS) is 14.7. The number of hydrogen-bond acceptors (Lipinski definition) is 5. The van der Waals surface area contributed by atoms with Crippen molar-refractivity contribution in [3.8, 4) is 5.75 Å². The van der Waals surface area contributed by atoms with Gasteiger partial charge in [0.25, 0.3) is 0 Å². The van der Waals surface area contributed by atoms with Crippen molar-refractivity contribution in [2.75, 3.05) is 24.3 Å². The van der Waals surface area contributed by atoms with Gasteiger partial charge in [0.15, 0.2) is 0 Å². The van der Waals surface area contributed by atoms with E-state index in [-0.39, 0.29) is 29.1 Å². The number of anilines is 2. The molecule has 2 amide bonds. The molecule has 8 nitrogen and oxygen atoms in total. The summed E-state index contributed by atoms with van der Waals surface area (Å²) in [6.07, 6.45) is 4.34. The van der Waals surface area contributed by atoms with E-state index in [0.717, 1.165) is 24.8 Å². The topological polar surface area (TPSA) is 105 Å². The van der Waals surface area contributed by atoms with Gasteiger partial charge in [-0.2, -0.15) is 4.31 Å². The lowest BCUT2D eigenvalue weighted by molar-refractivity contribution is -0.117. The number of rotatable bonds is 8. The molecule has 0 aliphatic heterocycles. The van der Waals surface area contributed by atoms with Crippen LogP contribution >= 0.6 is 0 Å². The van der Waals surface area contributed by atoms with Crippen LogP contribution in [0.5, 0.6) is 5.75 Å². The number of aryl methyl sites for hydroxylation is 1. The van der Waals surface area contributed by atoms with Gasteiger partial charge in [-0.15, -0.1) is 0 Å². The maximum Gasteiger partial charge on any atom is 0.247 e. The third-order valence-corrected chi connectivity index (χ3v) is 7.60. The van der Waals surface area contributed by atoms with Gasteiger partial charge in [0.1, 0.15) is 10.6 Å². The summed E-state index contributed by atoms with van der Waals surface area (Å²) in [5.41, 5.74) is 1.92. The van der Waals surface area contributed by atoms with Crippen LogP contribution in [0.15, 0.2) is 47.4 Å². The van der Waals surface area contributed by atoms with E-state index in [1.54, 1.807) is 42.5 Å². The van der Waals surface area contributed by atoms with E-state index < -0.39 is 15.9 Å². The first-order valence-corrected chi connectivity index (χ1v) is 12.5. The number of benzene rings is 2. The van der Waals surface area contributed by atoms with Gasteiger partial charge in [0.05, 0.1) is 13.7 Å². The Bertz CT molecular complexity index is 1090. The fourth-order valence-electron chi connectivity index (χ4n) is 4.07. The average Bonchev–Trinajstić information content (AvgIpc) is 2.79. The molecule has 1 aliphatic carbocycles. The van der Waals surface area contributed by atoms with Crippen molar-refractivity contribution >= 4 is 33.2 Å². The van der Waals surface area contributed by atoms with Crippen molar-refractivity contribution in [1.82, 2.24) is 4.31 Å². The number of hydrogen-bond donors (Lipinski definition) is 2. The number of amides is 2. The van der Waals surface area contributed by atoms with Crippen molar-refractivity contribution in [3.05, 3.63) is 48.0 Å². The first-order chi connectivity index (χ1) is 15.7. The molecule has 3 rings (SSSR count). The Morgan fingerprint density at radius 1 is 1.00 bits per heavy atom.